The summed E-state index contributed by atoms with van der Waals surface area (Å²) in [6.07, 6.45) is 1.65. The maximum Gasteiger partial charge on any atom is 0.325 e. The molecule has 1 aliphatic heterocycles. The summed E-state index contributed by atoms with van der Waals surface area (Å²) >= 11 is 4.22. The molecule has 1 fully saturated rings. The van der Waals surface area contributed by atoms with Gasteiger partial charge >= 0.3 is 5.97 Å². The van der Waals surface area contributed by atoms with Crippen molar-refractivity contribution in [2.24, 2.45) is 0 Å². The van der Waals surface area contributed by atoms with Gasteiger partial charge in [-0.3, -0.25) is 19.3 Å². The normalized spacial score (nSPS) is 16.2. The third-order valence-electron chi connectivity index (χ3n) is 3.00. The number of amides is 2. The molecule has 0 aromatic heterocycles. The molecule has 1 saturated heterocycles. The van der Waals surface area contributed by atoms with E-state index < -0.39 is 17.1 Å². The smallest absolute Gasteiger partial charge is 0.325 e. The van der Waals surface area contributed by atoms with Crippen LogP contribution in [0.2, 0.25) is 0 Å². The fraction of sp³-hybridized carbons (Fsp3) is 0.312. The molecule has 24 heavy (non-hydrogen) atoms. The SMILES string of the molecule is COC(=O)CN1C(=O)S/C(=C/c2ccc(OC(C)C)c(Br)c2)C1=O. The molecule has 0 spiro atoms. The second kappa shape index (κ2) is 7.85. The zero-order valence-electron chi connectivity index (χ0n) is 13.4. The van der Waals surface area contributed by atoms with E-state index in [1.165, 1.54) is 7.11 Å². The molecule has 0 saturated carbocycles. The van der Waals surface area contributed by atoms with E-state index in [1.54, 1.807) is 24.3 Å². The summed E-state index contributed by atoms with van der Waals surface area (Å²) in [6, 6.07) is 5.37. The number of ether oxygens (including phenoxy) is 2. The number of halogens is 1. The Hall–Kier alpha value is -1.80. The molecule has 2 amide bonds. The van der Waals surface area contributed by atoms with Crippen molar-refractivity contribution in [1.82, 2.24) is 4.90 Å². The quantitative estimate of drug-likeness (QED) is 0.543. The fourth-order valence-corrected chi connectivity index (χ4v) is 3.27. The van der Waals surface area contributed by atoms with Gasteiger partial charge in [-0.2, -0.15) is 0 Å². The Balaban J connectivity index is 2.19. The van der Waals surface area contributed by atoms with E-state index in [0.717, 1.165) is 26.7 Å². The van der Waals surface area contributed by atoms with Gasteiger partial charge in [0.15, 0.2) is 0 Å². The molecule has 0 aliphatic carbocycles. The number of carbonyl (C=O) groups excluding carboxylic acids is 3. The second-order valence-corrected chi connectivity index (χ2v) is 7.05. The summed E-state index contributed by atoms with van der Waals surface area (Å²) in [5, 5.41) is -0.490. The Morgan fingerprint density at radius 2 is 2.08 bits per heavy atom. The lowest BCUT2D eigenvalue weighted by molar-refractivity contribution is -0.143. The zero-order valence-corrected chi connectivity index (χ0v) is 15.8. The number of hydrogen-bond acceptors (Lipinski definition) is 6. The molecule has 8 heteroatoms. The van der Waals surface area contributed by atoms with Crippen molar-refractivity contribution >= 4 is 50.9 Å². The fourth-order valence-electron chi connectivity index (χ4n) is 1.94. The maximum absolute atomic E-state index is 12.2. The summed E-state index contributed by atoms with van der Waals surface area (Å²) in [5.74, 6) is -0.452. The number of methoxy groups -OCH3 is 1. The summed E-state index contributed by atoms with van der Waals surface area (Å²) in [5.41, 5.74) is 0.738. The minimum absolute atomic E-state index is 0.0435. The van der Waals surface area contributed by atoms with Crippen molar-refractivity contribution in [3.63, 3.8) is 0 Å². The van der Waals surface area contributed by atoms with Crippen LogP contribution in [0, 0.1) is 0 Å². The Morgan fingerprint density at radius 1 is 1.38 bits per heavy atom. The van der Waals surface area contributed by atoms with Crippen LogP contribution in [0.25, 0.3) is 6.08 Å². The molecule has 1 aromatic rings. The first-order chi connectivity index (χ1) is 11.3. The van der Waals surface area contributed by atoms with E-state index in [1.807, 2.05) is 13.8 Å². The first-order valence-corrected chi connectivity index (χ1v) is 8.71. The molecular weight excluding hydrogens is 398 g/mol. The Bertz CT molecular complexity index is 716. The molecule has 0 radical (unpaired) electrons. The van der Waals surface area contributed by atoms with E-state index in [9.17, 15) is 14.4 Å². The van der Waals surface area contributed by atoms with E-state index in [0.29, 0.717) is 5.75 Å². The van der Waals surface area contributed by atoms with E-state index in [-0.39, 0.29) is 17.6 Å². The van der Waals surface area contributed by atoms with Gasteiger partial charge in [0.2, 0.25) is 0 Å². The monoisotopic (exact) mass is 413 g/mol. The van der Waals surface area contributed by atoms with Gasteiger partial charge in [0.25, 0.3) is 11.1 Å². The van der Waals surface area contributed by atoms with Crippen LogP contribution in [-0.4, -0.2) is 41.8 Å². The van der Waals surface area contributed by atoms with Crippen molar-refractivity contribution in [2.75, 3.05) is 13.7 Å². The minimum Gasteiger partial charge on any atom is -0.490 e. The predicted octanol–water partition coefficient (Wildman–Crippen LogP) is 3.45. The number of nitrogens with zero attached hydrogens (tertiary/aromatic N) is 1. The minimum atomic E-state index is -0.642. The van der Waals surface area contributed by atoms with Gasteiger partial charge in [0.1, 0.15) is 12.3 Å². The predicted molar refractivity (Wildman–Crippen MR) is 94.6 cm³/mol. The summed E-state index contributed by atoms with van der Waals surface area (Å²) < 4.78 is 10.9. The highest BCUT2D eigenvalue weighted by Gasteiger charge is 2.36. The standard InChI is InChI=1S/C16H16BrNO5S/c1-9(2)23-12-5-4-10(6-11(12)17)7-13-15(20)18(16(21)24-13)8-14(19)22-3/h4-7,9H,8H2,1-3H3/b13-7+. The van der Waals surface area contributed by atoms with Gasteiger partial charge in [-0.15, -0.1) is 0 Å². The van der Waals surface area contributed by atoms with Gasteiger partial charge in [-0.25, -0.2) is 0 Å². The molecule has 2 rings (SSSR count). The third-order valence-corrected chi connectivity index (χ3v) is 4.53. The molecule has 128 valence electrons. The molecule has 1 heterocycles. The number of thioether (sulfide) groups is 1. The van der Waals surface area contributed by atoms with Crippen LogP contribution >= 0.6 is 27.7 Å². The van der Waals surface area contributed by atoms with Crippen LogP contribution in [0.3, 0.4) is 0 Å². The molecule has 6 nitrogen and oxygen atoms in total. The molecule has 0 bridgehead atoms. The van der Waals surface area contributed by atoms with Crippen LogP contribution in [0.5, 0.6) is 5.75 Å². The third kappa shape index (κ3) is 4.39. The van der Waals surface area contributed by atoms with Crippen molar-refractivity contribution in [3.05, 3.63) is 33.1 Å². The highest BCUT2D eigenvalue weighted by atomic mass is 79.9. The van der Waals surface area contributed by atoms with Crippen LogP contribution in [-0.2, 0) is 14.3 Å². The largest absolute Gasteiger partial charge is 0.490 e. The average molecular weight is 414 g/mol. The van der Waals surface area contributed by atoms with E-state index in [2.05, 4.69) is 20.7 Å². The van der Waals surface area contributed by atoms with Gasteiger partial charge in [0, 0.05) is 0 Å². The number of benzene rings is 1. The average Bonchev–Trinajstić information content (AvgIpc) is 2.77. The highest BCUT2D eigenvalue weighted by molar-refractivity contribution is 9.10. The van der Waals surface area contributed by atoms with Crippen molar-refractivity contribution < 1.29 is 23.9 Å². The lowest BCUT2D eigenvalue weighted by Crippen LogP contribution is -2.34. The van der Waals surface area contributed by atoms with E-state index in [4.69, 9.17) is 4.74 Å². The first-order valence-electron chi connectivity index (χ1n) is 7.10. The van der Waals surface area contributed by atoms with Crippen molar-refractivity contribution in [2.45, 2.75) is 20.0 Å². The number of imide groups is 1. The Morgan fingerprint density at radius 3 is 2.67 bits per heavy atom. The Kier molecular flexibility index (Phi) is 6.06. The van der Waals surface area contributed by atoms with Gasteiger partial charge in [0.05, 0.1) is 22.6 Å². The summed E-state index contributed by atoms with van der Waals surface area (Å²) in [7, 11) is 1.20. The van der Waals surface area contributed by atoms with Crippen molar-refractivity contribution in [3.8, 4) is 5.75 Å². The van der Waals surface area contributed by atoms with Gasteiger partial charge < -0.3 is 9.47 Å². The Labute approximate surface area is 152 Å². The van der Waals surface area contributed by atoms with Crippen LogP contribution in [0.1, 0.15) is 19.4 Å². The molecule has 0 N–H and O–H groups in total. The van der Waals surface area contributed by atoms with E-state index >= 15 is 0 Å². The van der Waals surface area contributed by atoms with Gasteiger partial charge in [-0.05, 0) is 65.3 Å². The number of esters is 1. The second-order valence-electron chi connectivity index (χ2n) is 5.20. The summed E-state index contributed by atoms with van der Waals surface area (Å²) in [4.78, 5) is 36.5. The zero-order chi connectivity index (χ0) is 17.9. The number of rotatable bonds is 5. The first kappa shape index (κ1) is 18.5. The molecular formula is C16H16BrNO5S. The number of carbonyl (C=O) groups is 3. The van der Waals surface area contributed by atoms with Crippen LogP contribution < -0.4 is 4.74 Å². The van der Waals surface area contributed by atoms with Crippen molar-refractivity contribution in [1.29, 1.82) is 0 Å². The molecule has 0 atom stereocenters. The topological polar surface area (TPSA) is 72.9 Å². The van der Waals surface area contributed by atoms with Gasteiger partial charge in [-0.1, -0.05) is 6.07 Å². The van der Waals surface area contributed by atoms with Crippen LogP contribution in [0.15, 0.2) is 27.6 Å². The molecule has 1 aromatic carbocycles. The number of hydrogen-bond donors (Lipinski definition) is 0. The molecule has 0 unspecified atom stereocenters. The lowest BCUT2D eigenvalue weighted by Gasteiger charge is -2.12. The lowest BCUT2D eigenvalue weighted by atomic mass is 10.2. The van der Waals surface area contributed by atoms with Crippen LogP contribution in [0.4, 0.5) is 4.79 Å². The molecule has 1 aliphatic rings. The maximum atomic E-state index is 12.2. The highest BCUT2D eigenvalue weighted by Crippen LogP contribution is 2.34. The summed E-state index contributed by atoms with van der Waals surface area (Å²) in [6.45, 7) is 3.47.